The molecule has 0 aliphatic carbocycles. The Morgan fingerprint density at radius 2 is 1.82 bits per heavy atom. The van der Waals surface area contributed by atoms with E-state index in [0.29, 0.717) is 30.4 Å². The summed E-state index contributed by atoms with van der Waals surface area (Å²) in [5.41, 5.74) is 4.07. The van der Waals surface area contributed by atoms with Crippen LogP contribution in [0, 0.1) is 6.92 Å². The number of aryl methyl sites for hydroxylation is 1. The van der Waals surface area contributed by atoms with Crippen molar-refractivity contribution in [3.63, 3.8) is 0 Å². The number of rotatable bonds is 9. The van der Waals surface area contributed by atoms with Crippen molar-refractivity contribution in [3.8, 4) is 23.0 Å². The van der Waals surface area contributed by atoms with Gasteiger partial charge in [0.1, 0.15) is 6.61 Å². The number of amides is 1. The van der Waals surface area contributed by atoms with Crippen LogP contribution in [0.25, 0.3) is 6.08 Å². The van der Waals surface area contributed by atoms with Crippen molar-refractivity contribution in [2.45, 2.75) is 26.4 Å². The second-order valence-electron chi connectivity index (χ2n) is 8.23. The first kappa shape index (κ1) is 23.2. The van der Waals surface area contributed by atoms with Crippen molar-refractivity contribution in [1.82, 2.24) is 5.32 Å². The van der Waals surface area contributed by atoms with Gasteiger partial charge in [-0.2, -0.15) is 0 Å². The largest absolute Gasteiger partial charge is 0.493 e. The first-order valence-corrected chi connectivity index (χ1v) is 11.2. The van der Waals surface area contributed by atoms with Crippen molar-refractivity contribution in [3.05, 3.63) is 89.0 Å². The molecule has 176 valence electrons. The van der Waals surface area contributed by atoms with Gasteiger partial charge in [-0.3, -0.25) is 4.79 Å². The number of methoxy groups -OCH3 is 1. The van der Waals surface area contributed by atoms with E-state index in [1.165, 1.54) is 0 Å². The Kier molecular flexibility index (Phi) is 7.38. The standard InChI is InChI=1S/C28H29NO5/c1-19-13-25-27(34-18-33-25)14-22(19)10-12-28(30)29-16-20(2)23-9-11-24(31-3)26(15-23)32-17-21-7-5-4-6-8-21/h4-15,20H,16-18H2,1-3H3,(H,29,30)/b12-10+. The van der Waals surface area contributed by atoms with E-state index in [1.54, 1.807) is 19.3 Å². The fourth-order valence-electron chi connectivity index (χ4n) is 3.68. The number of fused-ring (bicyclic) bond motifs is 1. The maximum atomic E-state index is 12.4. The third-order valence-corrected chi connectivity index (χ3v) is 5.75. The molecule has 1 N–H and O–H groups in total. The van der Waals surface area contributed by atoms with E-state index in [4.69, 9.17) is 18.9 Å². The van der Waals surface area contributed by atoms with E-state index in [0.717, 1.165) is 28.0 Å². The molecule has 0 spiro atoms. The maximum Gasteiger partial charge on any atom is 0.244 e. The van der Waals surface area contributed by atoms with Crippen molar-refractivity contribution >= 4 is 12.0 Å². The van der Waals surface area contributed by atoms with E-state index in [9.17, 15) is 4.79 Å². The van der Waals surface area contributed by atoms with E-state index in [2.05, 4.69) is 12.2 Å². The number of hydrogen-bond acceptors (Lipinski definition) is 5. The Bertz CT molecular complexity index is 1170. The van der Waals surface area contributed by atoms with Gasteiger partial charge in [-0.1, -0.05) is 43.3 Å². The summed E-state index contributed by atoms with van der Waals surface area (Å²) in [4.78, 5) is 12.4. The quantitative estimate of drug-likeness (QED) is 0.443. The molecule has 4 rings (SSSR count). The summed E-state index contributed by atoms with van der Waals surface area (Å²) >= 11 is 0. The number of carbonyl (C=O) groups is 1. The minimum atomic E-state index is -0.155. The van der Waals surface area contributed by atoms with Crippen LogP contribution in [-0.4, -0.2) is 26.4 Å². The van der Waals surface area contributed by atoms with Crippen LogP contribution in [0.2, 0.25) is 0 Å². The van der Waals surface area contributed by atoms with Gasteiger partial charge in [0.05, 0.1) is 7.11 Å². The molecule has 6 heteroatoms. The number of carbonyl (C=O) groups excluding carboxylic acids is 1. The fraction of sp³-hybridized carbons (Fsp3) is 0.250. The molecule has 1 aliphatic heterocycles. The lowest BCUT2D eigenvalue weighted by molar-refractivity contribution is -0.116. The summed E-state index contributed by atoms with van der Waals surface area (Å²) < 4.78 is 22.3. The van der Waals surface area contributed by atoms with E-state index in [1.807, 2.05) is 67.6 Å². The monoisotopic (exact) mass is 459 g/mol. The van der Waals surface area contributed by atoms with Crippen LogP contribution in [-0.2, 0) is 11.4 Å². The van der Waals surface area contributed by atoms with Crippen LogP contribution < -0.4 is 24.3 Å². The summed E-state index contributed by atoms with van der Waals surface area (Å²) in [7, 11) is 1.63. The molecule has 6 nitrogen and oxygen atoms in total. The zero-order chi connectivity index (χ0) is 23.9. The molecule has 1 unspecified atom stereocenters. The van der Waals surface area contributed by atoms with Crippen molar-refractivity contribution in [2.75, 3.05) is 20.4 Å². The lowest BCUT2D eigenvalue weighted by Crippen LogP contribution is -2.25. The van der Waals surface area contributed by atoms with Crippen molar-refractivity contribution < 1.29 is 23.7 Å². The van der Waals surface area contributed by atoms with Crippen molar-refractivity contribution in [1.29, 1.82) is 0 Å². The summed E-state index contributed by atoms with van der Waals surface area (Å²) in [6.07, 6.45) is 3.33. The lowest BCUT2D eigenvalue weighted by Gasteiger charge is -2.16. The highest BCUT2D eigenvalue weighted by molar-refractivity contribution is 5.92. The number of nitrogens with one attached hydrogen (secondary N) is 1. The Hall–Kier alpha value is -3.93. The summed E-state index contributed by atoms with van der Waals surface area (Å²) in [5.74, 6) is 2.73. The van der Waals surface area contributed by atoms with E-state index < -0.39 is 0 Å². The Morgan fingerprint density at radius 1 is 1.06 bits per heavy atom. The SMILES string of the molecule is COc1ccc(C(C)CNC(=O)/C=C/c2cc3c(cc2C)OCO3)cc1OCc1ccccc1. The Balaban J connectivity index is 1.35. The van der Waals surface area contributed by atoms with Gasteiger partial charge < -0.3 is 24.3 Å². The van der Waals surface area contributed by atoms with Crippen LogP contribution in [0.1, 0.15) is 35.1 Å². The molecule has 34 heavy (non-hydrogen) atoms. The van der Waals surface area contributed by atoms with Gasteiger partial charge in [-0.05, 0) is 65.4 Å². The predicted molar refractivity (Wildman–Crippen MR) is 132 cm³/mol. The summed E-state index contributed by atoms with van der Waals surface area (Å²) in [6.45, 7) is 5.21. The predicted octanol–water partition coefficient (Wildman–Crippen LogP) is 5.24. The van der Waals surface area contributed by atoms with Crippen LogP contribution in [0.15, 0.2) is 66.7 Å². The lowest BCUT2D eigenvalue weighted by atomic mass is 10.0. The molecule has 1 atom stereocenters. The molecule has 0 radical (unpaired) electrons. The van der Waals surface area contributed by atoms with Gasteiger partial charge in [0.25, 0.3) is 0 Å². The zero-order valence-corrected chi connectivity index (χ0v) is 19.7. The molecule has 1 heterocycles. The molecule has 0 saturated carbocycles. The Morgan fingerprint density at radius 3 is 2.59 bits per heavy atom. The topological polar surface area (TPSA) is 66.0 Å². The number of benzene rings is 3. The highest BCUT2D eigenvalue weighted by Crippen LogP contribution is 2.35. The molecule has 0 bridgehead atoms. The average molecular weight is 460 g/mol. The maximum absolute atomic E-state index is 12.4. The highest BCUT2D eigenvalue weighted by Gasteiger charge is 2.15. The smallest absolute Gasteiger partial charge is 0.244 e. The normalized spacial score (nSPS) is 13.0. The number of hydrogen-bond donors (Lipinski definition) is 1. The molecule has 3 aromatic rings. The summed E-state index contributed by atoms with van der Waals surface area (Å²) in [5, 5.41) is 2.98. The van der Waals surface area contributed by atoms with Gasteiger partial charge >= 0.3 is 0 Å². The molecule has 1 amide bonds. The van der Waals surface area contributed by atoms with Crippen molar-refractivity contribution in [2.24, 2.45) is 0 Å². The molecular formula is C28H29NO5. The molecular weight excluding hydrogens is 430 g/mol. The van der Waals surface area contributed by atoms with Crippen LogP contribution in [0.4, 0.5) is 0 Å². The highest BCUT2D eigenvalue weighted by atomic mass is 16.7. The van der Waals surface area contributed by atoms with Gasteiger partial charge in [0.2, 0.25) is 12.7 Å². The minimum absolute atomic E-state index is 0.0922. The fourth-order valence-corrected chi connectivity index (χ4v) is 3.68. The molecule has 0 fully saturated rings. The van der Waals surface area contributed by atoms with Gasteiger partial charge in [0.15, 0.2) is 23.0 Å². The van der Waals surface area contributed by atoms with E-state index >= 15 is 0 Å². The molecule has 0 aromatic heterocycles. The van der Waals surface area contributed by atoms with Crippen LogP contribution >= 0.6 is 0 Å². The first-order chi connectivity index (χ1) is 16.5. The molecule has 3 aromatic carbocycles. The van der Waals surface area contributed by atoms with Crippen LogP contribution in [0.5, 0.6) is 23.0 Å². The molecule has 0 saturated heterocycles. The Labute approximate surface area is 200 Å². The molecule has 1 aliphatic rings. The first-order valence-electron chi connectivity index (χ1n) is 11.2. The summed E-state index contributed by atoms with van der Waals surface area (Å²) in [6, 6.07) is 19.7. The van der Waals surface area contributed by atoms with E-state index in [-0.39, 0.29) is 18.6 Å². The zero-order valence-electron chi connectivity index (χ0n) is 19.7. The average Bonchev–Trinajstić information content (AvgIpc) is 3.32. The third kappa shape index (κ3) is 5.70. The van der Waals surface area contributed by atoms with Gasteiger partial charge in [-0.25, -0.2) is 0 Å². The van der Waals surface area contributed by atoms with Crippen LogP contribution in [0.3, 0.4) is 0 Å². The minimum Gasteiger partial charge on any atom is -0.493 e. The number of ether oxygens (including phenoxy) is 4. The van der Waals surface area contributed by atoms with Gasteiger partial charge in [-0.15, -0.1) is 0 Å². The van der Waals surface area contributed by atoms with Gasteiger partial charge in [0, 0.05) is 12.6 Å². The third-order valence-electron chi connectivity index (χ3n) is 5.75. The second-order valence-corrected chi connectivity index (χ2v) is 8.23. The second kappa shape index (κ2) is 10.8.